The van der Waals surface area contributed by atoms with Crippen molar-refractivity contribution in [2.75, 3.05) is 17.2 Å². The first-order valence-electron chi connectivity index (χ1n) is 5.63. The van der Waals surface area contributed by atoms with Crippen LogP contribution in [0.25, 0.3) is 0 Å². The second-order valence-electron chi connectivity index (χ2n) is 4.00. The van der Waals surface area contributed by atoms with Crippen molar-refractivity contribution in [3.63, 3.8) is 0 Å². The molecule has 5 heteroatoms. The molecule has 1 N–H and O–H groups in total. The van der Waals surface area contributed by atoms with Gasteiger partial charge in [-0.25, -0.2) is 0 Å². The van der Waals surface area contributed by atoms with Gasteiger partial charge in [0.15, 0.2) is 0 Å². The van der Waals surface area contributed by atoms with E-state index in [4.69, 9.17) is 0 Å². The van der Waals surface area contributed by atoms with Crippen molar-refractivity contribution < 1.29 is 4.79 Å². The number of fused-ring (bicyclic) bond motifs is 1. The fourth-order valence-corrected chi connectivity index (χ4v) is 3.36. The van der Waals surface area contributed by atoms with Gasteiger partial charge in [0.25, 0.3) is 5.91 Å². The first kappa shape index (κ1) is 11.9. The summed E-state index contributed by atoms with van der Waals surface area (Å²) in [5.41, 5.74) is 1.62. The van der Waals surface area contributed by atoms with Gasteiger partial charge in [-0.15, -0.1) is 11.8 Å². The molecule has 0 aliphatic carbocycles. The third-order valence-corrected chi connectivity index (χ3v) is 4.35. The first-order valence-corrected chi connectivity index (χ1v) is 7.41. The van der Waals surface area contributed by atoms with E-state index in [-0.39, 0.29) is 5.91 Å². The van der Waals surface area contributed by atoms with E-state index in [9.17, 15) is 4.79 Å². The molecule has 1 aliphatic rings. The van der Waals surface area contributed by atoms with Crippen molar-refractivity contribution >= 4 is 39.3 Å². The van der Waals surface area contributed by atoms with Gasteiger partial charge >= 0.3 is 0 Å². The van der Waals surface area contributed by atoms with Crippen molar-refractivity contribution in [2.45, 2.75) is 4.90 Å². The molecule has 3 rings (SSSR count). The van der Waals surface area contributed by atoms with Crippen LogP contribution >= 0.6 is 27.7 Å². The molecular weight excluding hydrogens is 312 g/mol. The highest BCUT2D eigenvalue weighted by Crippen LogP contribution is 2.35. The Balaban J connectivity index is 1.96. The van der Waals surface area contributed by atoms with E-state index in [0.717, 1.165) is 22.5 Å². The number of para-hydroxylation sites is 1. The van der Waals surface area contributed by atoms with Crippen LogP contribution in [-0.4, -0.2) is 23.2 Å². The highest BCUT2D eigenvalue weighted by Gasteiger charge is 2.24. The minimum absolute atomic E-state index is 0.0217. The molecular formula is C13H11BrN2OS. The molecule has 1 aromatic carbocycles. The summed E-state index contributed by atoms with van der Waals surface area (Å²) in [4.78, 5) is 18.4. The fraction of sp³-hybridized carbons (Fsp3) is 0.154. The Morgan fingerprint density at radius 1 is 1.39 bits per heavy atom. The zero-order valence-corrected chi connectivity index (χ0v) is 11.9. The summed E-state index contributed by atoms with van der Waals surface area (Å²) in [6.07, 6.45) is 1.78. The highest BCUT2D eigenvalue weighted by molar-refractivity contribution is 9.10. The molecule has 1 aliphatic heterocycles. The topological polar surface area (TPSA) is 36.1 Å². The van der Waals surface area contributed by atoms with E-state index < -0.39 is 0 Å². The molecule has 0 radical (unpaired) electrons. The summed E-state index contributed by atoms with van der Waals surface area (Å²) in [5, 5.41) is 0. The summed E-state index contributed by atoms with van der Waals surface area (Å²) in [5.74, 6) is 0.957. The maximum absolute atomic E-state index is 12.4. The standard InChI is InChI=1S/C13H11BrN2OS/c14-9-7-10(15-8-9)13(17)16-5-6-18-12-4-2-1-3-11(12)16/h1-4,7-8,15H,5-6H2. The number of anilines is 1. The molecule has 0 spiro atoms. The normalized spacial score (nSPS) is 14.4. The van der Waals surface area contributed by atoms with Gasteiger partial charge in [0, 0.05) is 27.9 Å². The second-order valence-corrected chi connectivity index (χ2v) is 6.06. The van der Waals surface area contributed by atoms with Crippen LogP contribution < -0.4 is 4.90 Å². The molecule has 18 heavy (non-hydrogen) atoms. The van der Waals surface area contributed by atoms with Gasteiger partial charge in [-0.2, -0.15) is 0 Å². The van der Waals surface area contributed by atoms with Crippen LogP contribution in [0.1, 0.15) is 10.5 Å². The third kappa shape index (κ3) is 2.08. The Hall–Kier alpha value is -1.20. The zero-order chi connectivity index (χ0) is 12.5. The number of halogens is 1. The highest BCUT2D eigenvalue weighted by atomic mass is 79.9. The predicted molar refractivity (Wildman–Crippen MR) is 77.3 cm³/mol. The number of carbonyl (C=O) groups is 1. The molecule has 2 heterocycles. The largest absolute Gasteiger partial charge is 0.356 e. The van der Waals surface area contributed by atoms with Gasteiger partial charge in [-0.1, -0.05) is 12.1 Å². The number of hydrogen-bond acceptors (Lipinski definition) is 2. The van der Waals surface area contributed by atoms with Gasteiger partial charge in [-0.3, -0.25) is 4.79 Å². The lowest BCUT2D eigenvalue weighted by molar-refractivity contribution is 0.0983. The Bertz CT molecular complexity index is 596. The molecule has 1 aromatic heterocycles. The molecule has 1 amide bonds. The SMILES string of the molecule is O=C(c1cc(Br)c[nH]1)N1CCSc2ccccc21. The number of carbonyl (C=O) groups excluding carboxylic acids is 1. The lowest BCUT2D eigenvalue weighted by Crippen LogP contribution is -2.35. The summed E-state index contributed by atoms with van der Waals surface area (Å²) >= 11 is 5.15. The van der Waals surface area contributed by atoms with Gasteiger partial charge in [0.2, 0.25) is 0 Å². The van der Waals surface area contributed by atoms with Crippen LogP contribution in [0, 0.1) is 0 Å². The molecule has 0 saturated heterocycles. The van der Waals surface area contributed by atoms with Crippen LogP contribution in [-0.2, 0) is 0 Å². The van der Waals surface area contributed by atoms with Crippen molar-refractivity contribution in [2.24, 2.45) is 0 Å². The summed E-state index contributed by atoms with van der Waals surface area (Å²) in [6.45, 7) is 0.747. The quantitative estimate of drug-likeness (QED) is 0.871. The van der Waals surface area contributed by atoms with E-state index in [1.54, 1.807) is 18.0 Å². The molecule has 0 fully saturated rings. The van der Waals surface area contributed by atoms with Crippen LogP contribution in [0.15, 0.2) is 45.9 Å². The average molecular weight is 323 g/mol. The predicted octanol–water partition coefficient (Wildman–Crippen LogP) is 3.53. The monoisotopic (exact) mass is 322 g/mol. The van der Waals surface area contributed by atoms with E-state index in [1.807, 2.05) is 29.2 Å². The van der Waals surface area contributed by atoms with Crippen LogP contribution in [0.5, 0.6) is 0 Å². The maximum atomic E-state index is 12.4. The first-order chi connectivity index (χ1) is 8.75. The number of nitrogens with one attached hydrogen (secondary N) is 1. The fourth-order valence-electron chi connectivity index (χ4n) is 2.02. The zero-order valence-electron chi connectivity index (χ0n) is 9.52. The third-order valence-electron chi connectivity index (χ3n) is 2.85. The summed E-state index contributed by atoms with van der Waals surface area (Å²) in [6, 6.07) is 9.84. The van der Waals surface area contributed by atoms with E-state index >= 15 is 0 Å². The Kier molecular flexibility index (Phi) is 3.18. The molecule has 0 unspecified atom stereocenters. The van der Waals surface area contributed by atoms with Crippen molar-refractivity contribution in [3.05, 3.63) is 46.7 Å². The molecule has 92 valence electrons. The van der Waals surface area contributed by atoms with Gasteiger partial charge in [0.05, 0.1) is 5.69 Å². The molecule has 0 bridgehead atoms. The maximum Gasteiger partial charge on any atom is 0.274 e. The van der Waals surface area contributed by atoms with E-state index in [1.165, 1.54) is 4.90 Å². The molecule has 3 nitrogen and oxygen atoms in total. The van der Waals surface area contributed by atoms with Crippen LogP contribution in [0.2, 0.25) is 0 Å². The lowest BCUT2D eigenvalue weighted by atomic mass is 10.2. The second kappa shape index (κ2) is 4.82. The van der Waals surface area contributed by atoms with E-state index in [0.29, 0.717) is 5.69 Å². The average Bonchev–Trinajstić information content (AvgIpc) is 2.84. The number of amides is 1. The molecule has 0 atom stereocenters. The molecule has 0 saturated carbocycles. The Labute approximate surface area is 118 Å². The number of benzene rings is 1. The number of nitrogens with zero attached hydrogens (tertiary/aromatic N) is 1. The van der Waals surface area contributed by atoms with E-state index in [2.05, 4.69) is 27.0 Å². The minimum Gasteiger partial charge on any atom is -0.356 e. The molecule has 2 aromatic rings. The number of rotatable bonds is 1. The minimum atomic E-state index is 0.0217. The number of aromatic amines is 1. The van der Waals surface area contributed by atoms with Gasteiger partial charge in [-0.05, 0) is 34.1 Å². The van der Waals surface area contributed by atoms with Crippen molar-refractivity contribution in [1.82, 2.24) is 4.98 Å². The van der Waals surface area contributed by atoms with Crippen LogP contribution in [0.4, 0.5) is 5.69 Å². The van der Waals surface area contributed by atoms with Crippen LogP contribution in [0.3, 0.4) is 0 Å². The van der Waals surface area contributed by atoms with Crippen molar-refractivity contribution in [3.8, 4) is 0 Å². The van der Waals surface area contributed by atoms with Gasteiger partial charge in [0.1, 0.15) is 5.69 Å². The smallest absolute Gasteiger partial charge is 0.274 e. The number of hydrogen-bond donors (Lipinski definition) is 1. The van der Waals surface area contributed by atoms with Gasteiger partial charge < -0.3 is 9.88 Å². The van der Waals surface area contributed by atoms with Crippen molar-refractivity contribution in [1.29, 1.82) is 0 Å². The number of H-pyrrole nitrogens is 1. The number of thioether (sulfide) groups is 1. The summed E-state index contributed by atoms with van der Waals surface area (Å²) in [7, 11) is 0. The Morgan fingerprint density at radius 2 is 2.22 bits per heavy atom. The lowest BCUT2D eigenvalue weighted by Gasteiger charge is -2.28. The number of aromatic nitrogens is 1. The Morgan fingerprint density at radius 3 is 3.00 bits per heavy atom. The summed E-state index contributed by atoms with van der Waals surface area (Å²) < 4.78 is 0.894.